The SMILES string of the molecule is CC(=O)c1c[nH]c(C(=O)NC(C)(CC(=O)O)C(C)C)c1. The number of aliphatic carboxylic acids is 1. The van der Waals surface area contributed by atoms with Gasteiger partial charge in [0.25, 0.3) is 5.91 Å². The third-order valence-corrected chi connectivity index (χ3v) is 3.53. The number of carbonyl (C=O) groups is 3. The van der Waals surface area contributed by atoms with Gasteiger partial charge in [0.1, 0.15) is 5.69 Å². The van der Waals surface area contributed by atoms with Crippen LogP contribution in [0.15, 0.2) is 12.3 Å². The average Bonchev–Trinajstić information content (AvgIpc) is 2.76. The Bertz CT molecular complexity index is 533. The van der Waals surface area contributed by atoms with Crippen LogP contribution < -0.4 is 5.32 Å². The van der Waals surface area contributed by atoms with Crippen LogP contribution in [0.25, 0.3) is 0 Å². The molecule has 0 spiro atoms. The Kier molecular flexibility index (Phi) is 4.70. The van der Waals surface area contributed by atoms with Crippen LogP contribution >= 0.6 is 0 Å². The van der Waals surface area contributed by atoms with E-state index in [9.17, 15) is 14.4 Å². The zero-order valence-electron chi connectivity index (χ0n) is 12.1. The summed E-state index contributed by atoms with van der Waals surface area (Å²) in [5, 5.41) is 11.7. The predicted octanol–water partition coefficient (Wildman–Crippen LogP) is 1.84. The summed E-state index contributed by atoms with van der Waals surface area (Å²) in [5.41, 5.74) is -0.197. The lowest BCUT2D eigenvalue weighted by Crippen LogP contribution is -2.51. The second-order valence-electron chi connectivity index (χ2n) is 5.46. The molecule has 110 valence electrons. The minimum Gasteiger partial charge on any atom is -0.481 e. The molecule has 0 bridgehead atoms. The first kappa shape index (κ1) is 15.9. The lowest BCUT2D eigenvalue weighted by atomic mass is 9.85. The van der Waals surface area contributed by atoms with Gasteiger partial charge in [-0.2, -0.15) is 0 Å². The first-order chi connectivity index (χ1) is 9.15. The van der Waals surface area contributed by atoms with Gasteiger partial charge >= 0.3 is 5.97 Å². The van der Waals surface area contributed by atoms with Gasteiger partial charge in [0.05, 0.1) is 12.0 Å². The standard InChI is InChI=1S/C14H20N2O4/c1-8(2)14(4,6-12(18)19)16-13(20)11-5-10(7-15-11)9(3)17/h5,7-8,15H,6H2,1-4H3,(H,16,20)(H,18,19). The Hall–Kier alpha value is -2.11. The first-order valence-electron chi connectivity index (χ1n) is 6.39. The van der Waals surface area contributed by atoms with E-state index >= 15 is 0 Å². The third-order valence-electron chi connectivity index (χ3n) is 3.53. The van der Waals surface area contributed by atoms with Gasteiger partial charge in [-0.05, 0) is 25.8 Å². The number of Topliss-reactive ketones (excluding diaryl/α,β-unsaturated/α-hetero) is 1. The number of aromatic nitrogens is 1. The van der Waals surface area contributed by atoms with Crippen LogP contribution in [0.4, 0.5) is 0 Å². The summed E-state index contributed by atoms with van der Waals surface area (Å²) in [6.45, 7) is 6.80. The molecule has 1 atom stereocenters. The summed E-state index contributed by atoms with van der Waals surface area (Å²) in [6, 6.07) is 1.46. The molecule has 0 saturated carbocycles. The molecule has 0 aliphatic heterocycles. The second-order valence-corrected chi connectivity index (χ2v) is 5.46. The number of carboxylic acids is 1. The van der Waals surface area contributed by atoms with Crippen LogP contribution in [0, 0.1) is 5.92 Å². The highest BCUT2D eigenvalue weighted by molar-refractivity contribution is 5.99. The van der Waals surface area contributed by atoms with Crippen molar-refractivity contribution in [1.82, 2.24) is 10.3 Å². The molecule has 1 aromatic rings. The molecule has 0 fully saturated rings. The van der Waals surface area contributed by atoms with E-state index < -0.39 is 17.4 Å². The van der Waals surface area contributed by atoms with Crippen molar-refractivity contribution in [2.75, 3.05) is 0 Å². The van der Waals surface area contributed by atoms with Crippen molar-refractivity contribution < 1.29 is 19.5 Å². The normalized spacial score (nSPS) is 13.8. The molecule has 1 unspecified atom stereocenters. The summed E-state index contributed by atoms with van der Waals surface area (Å²) >= 11 is 0. The molecule has 1 aromatic heterocycles. The van der Waals surface area contributed by atoms with Crippen molar-refractivity contribution >= 4 is 17.7 Å². The Morgan fingerprint density at radius 1 is 1.40 bits per heavy atom. The van der Waals surface area contributed by atoms with Gasteiger partial charge in [-0.25, -0.2) is 0 Å². The van der Waals surface area contributed by atoms with Gasteiger partial charge in [0.2, 0.25) is 0 Å². The highest BCUT2D eigenvalue weighted by Gasteiger charge is 2.33. The van der Waals surface area contributed by atoms with Gasteiger partial charge in [0.15, 0.2) is 5.78 Å². The van der Waals surface area contributed by atoms with E-state index in [1.807, 2.05) is 13.8 Å². The van der Waals surface area contributed by atoms with Crippen molar-refractivity contribution in [2.24, 2.45) is 5.92 Å². The molecule has 0 aliphatic carbocycles. The first-order valence-corrected chi connectivity index (χ1v) is 6.39. The van der Waals surface area contributed by atoms with Crippen molar-refractivity contribution in [3.63, 3.8) is 0 Å². The largest absolute Gasteiger partial charge is 0.481 e. The number of carbonyl (C=O) groups excluding carboxylic acids is 2. The summed E-state index contributed by atoms with van der Waals surface area (Å²) in [5.74, 6) is -1.59. The van der Waals surface area contributed by atoms with E-state index in [1.54, 1.807) is 6.92 Å². The molecular formula is C14H20N2O4. The van der Waals surface area contributed by atoms with Crippen molar-refractivity contribution in [3.05, 3.63) is 23.5 Å². The van der Waals surface area contributed by atoms with Crippen LogP contribution in [0.2, 0.25) is 0 Å². The van der Waals surface area contributed by atoms with Crippen LogP contribution in [-0.4, -0.2) is 33.3 Å². The third kappa shape index (κ3) is 3.69. The molecule has 1 rings (SSSR count). The van der Waals surface area contributed by atoms with Gasteiger partial charge in [-0.1, -0.05) is 13.8 Å². The van der Waals surface area contributed by atoms with Crippen LogP contribution in [-0.2, 0) is 4.79 Å². The maximum Gasteiger partial charge on any atom is 0.305 e. The second kappa shape index (κ2) is 5.90. The van der Waals surface area contributed by atoms with E-state index in [4.69, 9.17) is 5.11 Å². The fourth-order valence-corrected chi connectivity index (χ4v) is 1.76. The van der Waals surface area contributed by atoms with Crippen molar-refractivity contribution in [3.8, 4) is 0 Å². The monoisotopic (exact) mass is 280 g/mol. The van der Waals surface area contributed by atoms with E-state index in [-0.39, 0.29) is 23.8 Å². The summed E-state index contributed by atoms with van der Waals surface area (Å²) in [4.78, 5) is 37.0. The molecule has 0 saturated heterocycles. The van der Waals surface area contributed by atoms with E-state index in [0.29, 0.717) is 5.56 Å². The van der Waals surface area contributed by atoms with E-state index in [2.05, 4.69) is 10.3 Å². The highest BCUT2D eigenvalue weighted by atomic mass is 16.4. The number of rotatable bonds is 6. The summed E-state index contributed by atoms with van der Waals surface area (Å²) in [7, 11) is 0. The fourth-order valence-electron chi connectivity index (χ4n) is 1.76. The topological polar surface area (TPSA) is 99.3 Å². The molecule has 0 radical (unpaired) electrons. The molecule has 20 heavy (non-hydrogen) atoms. The molecule has 6 nitrogen and oxygen atoms in total. The number of ketones is 1. The Balaban J connectivity index is 2.90. The van der Waals surface area contributed by atoms with Gasteiger partial charge in [-0.15, -0.1) is 0 Å². The van der Waals surface area contributed by atoms with Crippen LogP contribution in [0.3, 0.4) is 0 Å². The van der Waals surface area contributed by atoms with Gasteiger partial charge < -0.3 is 15.4 Å². The minimum atomic E-state index is -0.975. The van der Waals surface area contributed by atoms with Crippen molar-refractivity contribution in [2.45, 2.75) is 39.7 Å². The Morgan fingerprint density at radius 3 is 2.40 bits per heavy atom. The quantitative estimate of drug-likeness (QED) is 0.692. The van der Waals surface area contributed by atoms with E-state index in [0.717, 1.165) is 0 Å². The summed E-state index contributed by atoms with van der Waals surface area (Å²) < 4.78 is 0. The van der Waals surface area contributed by atoms with Crippen LogP contribution in [0.5, 0.6) is 0 Å². The Labute approximate surface area is 117 Å². The molecule has 1 heterocycles. The lowest BCUT2D eigenvalue weighted by molar-refractivity contribution is -0.138. The zero-order valence-corrected chi connectivity index (χ0v) is 12.1. The van der Waals surface area contributed by atoms with Crippen molar-refractivity contribution in [1.29, 1.82) is 0 Å². The number of hydrogen-bond acceptors (Lipinski definition) is 3. The Morgan fingerprint density at radius 2 is 2.00 bits per heavy atom. The number of carboxylic acid groups (broad SMARTS) is 1. The molecule has 3 N–H and O–H groups in total. The van der Waals surface area contributed by atoms with E-state index in [1.165, 1.54) is 19.2 Å². The van der Waals surface area contributed by atoms with Gasteiger partial charge in [-0.3, -0.25) is 14.4 Å². The van der Waals surface area contributed by atoms with Gasteiger partial charge in [0, 0.05) is 11.8 Å². The summed E-state index contributed by atoms with van der Waals surface area (Å²) in [6.07, 6.45) is 1.29. The molecule has 6 heteroatoms. The molecular weight excluding hydrogens is 260 g/mol. The minimum absolute atomic E-state index is 0.0511. The number of nitrogens with one attached hydrogen (secondary N) is 2. The maximum absolute atomic E-state index is 12.1. The zero-order chi connectivity index (χ0) is 15.5. The number of H-pyrrole nitrogens is 1. The maximum atomic E-state index is 12.1. The number of amides is 1. The molecule has 0 aromatic carbocycles. The highest BCUT2D eigenvalue weighted by Crippen LogP contribution is 2.21. The van der Waals surface area contributed by atoms with Crippen LogP contribution in [0.1, 0.15) is 55.0 Å². The molecule has 1 amide bonds. The average molecular weight is 280 g/mol. The number of aromatic amines is 1. The molecule has 0 aliphatic rings. The predicted molar refractivity (Wildman–Crippen MR) is 73.8 cm³/mol. The number of hydrogen-bond donors (Lipinski definition) is 3. The lowest BCUT2D eigenvalue weighted by Gasteiger charge is -2.33. The fraction of sp³-hybridized carbons (Fsp3) is 0.500. The smallest absolute Gasteiger partial charge is 0.305 e.